The second kappa shape index (κ2) is 6.14. The van der Waals surface area contributed by atoms with Crippen molar-refractivity contribution >= 4 is 11.9 Å². The fraction of sp³-hybridized carbons (Fsp3) is 0.421. The highest BCUT2D eigenvalue weighted by molar-refractivity contribution is 5.95. The molecule has 2 aromatic rings. The van der Waals surface area contributed by atoms with Gasteiger partial charge in [-0.2, -0.15) is 5.10 Å². The number of nitrogens with zero attached hydrogens (tertiary/aromatic N) is 3. The summed E-state index contributed by atoms with van der Waals surface area (Å²) in [5.41, 5.74) is 0.663. The fourth-order valence-corrected chi connectivity index (χ4v) is 3.92. The van der Waals surface area contributed by atoms with Gasteiger partial charge in [-0.1, -0.05) is 6.07 Å². The maximum atomic E-state index is 14.3. The molecule has 8 heteroatoms. The van der Waals surface area contributed by atoms with Crippen LogP contribution >= 0.6 is 0 Å². The second-order valence-corrected chi connectivity index (χ2v) is 7.45. The molecule has 1 amide bonds. The molecular formula is C19H19F2N3O3. The average molecular weight is 375 g/mol. The maximum Gasteiger partial charge on any atom is 0.311 e. The van der Waals surface area contributed by atoms with Gasteiger partial charge in [-0.15, -0.1) is 0 Å². The van der Waals surface area contributed by atoms with Gasteiger partial charge in [-0.3, -0.25) is 9.59 Å². The van der Waals surface area contributed by atoms with E-state index in [4.69, 9.17) is 0 Å². The third-order valence-electron chi connectivity index (χ3n) is 5.57. The standard InChI is InChI=1S/C19H19F2N3O3/c1-19(18(26)27)8-9-23(10-19)17(25)16-11-4-2-6-13(11)24(22-16)14-7-3-5-12(20)15(14)21/h3,5,7H,2,4,6,8-10H2,1H3,(H,26,27). The number of fused-ring (bicyclic) bond motifs is 1. The molecule has 0 radical (unpaired) electrons. The van der Waals surface area contributed by atoms with Gasteiger partial charge in [0.1, 0.15) is 5.69 Å². The summed E-state index contributed by atoms with van der Waals surface area (Å²) in [6, 6.07) is 3.86. The minimum absolute atomic E-state index is 0.0241. The molecule has 1 aromatic carbocycles. The molecule has 1 aliphatic heterocycles. The Labute approximate surface area is 154 Å². The number of hydrogen-bond acceptors (Lipinski definition) is 3. The van der Waals surface area contributed by atoms with Crippen LogP contribution in [0.3, 0.4) is 0 Å². The lowest BCUT2D eigenvalue weighted by atomic mass is 9.90. The molecule has 6 nitrogen and oxygen atoms in total. The van der Waals surface area contributed by atoms with E-state index in [0.29, 0.717) is 31.5 Å². The van der Waals surface area contributed by atoms with Crippen LogP contribution in [0.1, 0.15) is 41.5 Å². The number of aliphatic carboxylic acids is 1. The number of hydrogen-bond donors (Lipinski definition) is 1. The zero-order chi connectivity index (χ0) is 19.3. The van der Waals surface area contributed by atoms with Gasteiger partial charge in [0, 0.05) is 24.3 Å². The molecule has 1 atom stereocenters. The van der Waals surface area contributed by atoms with E-state index in [1.807, 2.05) is 0 Å². The largest absolute Gasteiger partial charge is 0.481 e. The minimum atomic E-state index is -1.01. The van der Waals surface area contributed by atoms with Gasteiger partial charge >= 0.3 is 5.97 Å². The molecule has 1 N–H and O–H groups in total. The number of carbonyl (C=O) groups is 2. The maximum absolute atomic E-state index is 14.3. The first-order valence-electron chi connectivity index (χ1n) is 8.89. The number of likely N-dealkylation sites (tertiary alicyclic amines) is 1. The second-order valence-electron chi connectivity index (χ2n) is 7.45. The summed E-state index contributed by atoms with van der Waals surface area (Å²) >= 11 is 0. The van der Waals surface area contributed by atoms with Crippen molar-refractivity contribution in [3.05, 3.63) is 46.8 Å². The lowest BCUT2D eigenvalue weighted by Crippen LogP contribution is -2.35. The molecule has 2 heterocycles. The topological polar surface area (TPSA) is 75.4 Å². The number of carboxylic acids is 1. The Kier molecular flexibility index (Phi) is 4.01. The number of carbonyl (C=O) groups excluding carboxylic acids is 1. The number of aromatic nitrogens is 2. The summed E-state index contributed by atoms with van der Waals surface area (Å²) in [5.74, 6) is -3.27. The first-order chi connectivity index (χ1) is 12.8. The quantitative estimate of drug-likeness (QED) is 0.895. The number of halogens is 2. The van der Waals surface area contributed by atoms with Crippen molar-refractivity contribution in [2.75, 3.05) is 13.1 Å². The van der Waals surface area contributed by atoms with Crippen molar-refractivity contribution in [3.63, 3.8) is 0 Å². The molecule has 1 aliphatic carbocycles. The van der Waals surface area contributed by atoms with Gasteiger partial charge in [-0.05, 0) is 44.7 Å². The van der Waals surface area contributed by atoms with Crippen LogP contribution in [0.25, 0.3) is 5.69 Å². The average Bonchev–Trinajstić information content (AvgIpc) is 3.32. The number of benzene rings is 1. The Morgan fingerprint density at radius 3 is 2.74 bits per heavy atom. The number of rotatable bonds is 3. The van der Waals surface area contributed by atoms with Gasteiger partial charge in [0.2, 0.25) is 0 Å². The molecule has 1 saturated heterocycles. The predicted octanol–water partition coefficient (Wildman–Crippen LogP) is 2.58. The van der Waals surface area contributed by atoms with E-state index in [0.717, 1.165) is 18.1 Å². The highest BCUT2D eigenvalue weighted by Gasteiger charge is 2.43. The molecule has 4 rings (SSSR count). The van der Waals surface area contributed by atoms with Gasteiger partial charge in [0.05, 0.1) is 5.41 Å². The summed E-state index contributed by atoms with van der Waals surface area (Å²) in [6.45, 7) is 2.06. The normalized spacial score (nSPS) is 21.5. The summed E-state index contributed by atoms with van der Waals surface area (Å²) < 4.78 is 29.2. The van der Waals surface area contributed by atoms with Crippen molar-refractivity contribution in [2.45, 2.75) is 32.6 Å². The van der Waals surface area contributed by atoms with Crippen molar-refractivity contribution in [3.8, 4) is 5.69 Å². The van der Waals surface area contributed by atoms with E-state index < -0.39 is 23.0 Å². The molecule has 2 aliphatic rings. The third-order valence-corrected chi connectivity index (χ3v) is 5.57. The summed E-state index contributed by atoms with van der Waals surface area (Å²) in [5, 5.41) is 13.7. The van der Waals surface area contributed by atoms with E-state index in [1.165, 1.54) is 21.7 Å². The van der Waals surface area contributed by atoms with Crippen LogP contribution in [0.4, 0.5) is 8.78 Å². The highest BCUT2D eigenvalue weighted by Crippen LogP contribution is 2.34. The predicted molar refractivity (Wildman–Crippen MR) is 91.8 cm³/mol. The summed E-state index contributed by atoms with van der Waals surface area (Å²) in [7, 11) is 0. The molecule has 1 fully saturated rings. The van der Waals surface area contributed by atoms with Gasteiger partial charge < -0.3 is 10.0 Å². The molecule has 27 heavy (non-hydrogen) atoms. The Balaban J connectivity index is 1.72. The first-order valence-corrected chi connectivity index (χ1v) is 8.89. The minimum Gasteiger partial charge on any atom is -0.481 e. The summed E-state index contributed by atoms with van der Waals surface area (Å²) in [6.07, 6.45) is 2.43. The van der Waals surface area contributed by atoms with Crippen LogP contribution in [0.15, 0.2) is 18.2 Å². The van der Waals surface area contributed by atoms with Crippen LogP contribution < -0.4 is 0 Å². The Morgan fingerprint density at radius 1 is 1.26 bits per heavy atom. The van der Waals surface area contributed by atoms with Gasteiger partial charge in [0.15, 0.2) is 17.3 Å². The molecule has 0 spiro atoms. The van der Waals surface area contributed by atoms with E-state index >= 15 is 0 Å². The summed E-state index contributed by atoms with van der Waals surface area (Å²) in [4.78, 5) is 25.9. The molecule has 1 aromatic heterocycles. The molecule has 142 valence electrons. The van der Waals surface area contributed by atoms with E-state index in [2.05, 4.69) is 5.10 Å². The van der Waals surface area contributed by atoms with Gasteiger partial charge in [-0.25, -0.2) is 13.5 Å². The lowest BCUT2D eigenvalue weighted by molar-refractivity contribution is -0.147. The monoisotopic (exact) mass is 375 g/mol. The SMILES string of the molecule is CC1(C(=O)O)CCN(C(=O)c2nn(-c3cccc(F)c3F)c3c2CCC3)C1. The molecule has 0 saturated carbocycles. The molecule has 0 bridgehead atoms. The van der Waals surface area contributed by atoms with E-state index in [-0.39, 0.29) is 23.8 Å². The van der Waals surface area contributed by atoms with Gasteiger partial charge in [0.25, 0.3) is 5.91 Å². The highest BCUT2D eigenvalue weighted by atomic mass is 19.2. The smallest absolute Gasteiger partial charge is 0.311 e. The van der Waals surface area contributed by atoms with Crippen LogP contribution in [-0.4, -0.2) is 44.8 Å². The molecule has 1 unspecified atom stereocenters. The Bertz CT molecular complexity index is 956. The zero-order valence-corrected chi connectivity index (χ0v) is 14.8. The van der Waals surface area contributed by atoms with Crippen molar-refractivity contribution < 1.29 is 23.5 Å². The Hall–Kier alpha value is -2.77. The Morgan fingerprint density at radius 2 is 2.04 bits per heavy atom. The number of amides is 1. The van der Waals surface area contributed by atoms with Crippen LogP contribution in [0.2, 0.25) is 0 Å². The van der Waals surface area contributed by atoms with Crippen LogP contribution in [0, 0.1) is 17.0 Å². The van der Waals surface area contributed by atoms with Crippen molar-refractivity contribution in [2.24, 2.45) is 5.41 Å². The number of carboxylic acid groups (broad SMARTS) is 1. The molecular weight excluding hydrogens is 356 g/mol. The van der Waals surface area contributed by atoms with Crippen molar-refractivity contribution in [1.29, 1.82) is 0 Å². The third kappa shape index (κ3) is 2.70. The van der Waals surface area contributed by atoms with E-state index in [9.17, 15) is 23.5 Å². The van der Waals surface area contributed by atoms with Crippen molar-refractivity contribution in [1.82, 2.24) is 14.7 Å². The first kappa shape index (κ1) is 17.6. The van der Waals surface area contributed by atoms with E-state index in [1.54, 1.807) is 6.92 Å². The lowest BCUT2D eigenvalue weighted by Gasteiger charge is -2.19. The zero-order valence-electron chi connectivity index (χ0n) is 14.8. The van der Waals surface area contributed by atoms with Crippen LogP contribution in [0.5, 0.6) is 0 Å². The van der Waals surface area contributed by atoms with Crippen LogP contribution in [-0.2, 0) is 17.6 Å². The fourth-order valence-electron chi connectivity index (χ4n) is 3.92.